The second kappa shape index (κ2) is 2.81. The lowest BCUT2D eigenvalue weighted by Gasteiger charge is -1.92. The molecular weight excluding hydrogens is 152 g/mol. The highest BCUT2D eigenvalue weighted by Gasteiger charge is 2.23. The first-order chi connectivity index (χ1) is 5.88. The first-order valence-corrected chi connectivity index (χ1v) is 3.79. The summed E-state index contributed by atoms with van der Waals surface area (Å²) in [6.07, 6.45) is 11.2. The van der Waals surface area contributed by atoms with Crippen molar-refractivity contribution in [3.63, 3.8) is 0 Å². The molecule has 2 heteroatoms. The second-order valence-electron chi connectivity index (χ2n) is 2.62. The minimum atomic E-state index is -0.221. The normalized spacial score (nSPS) is 20.5. The third kappa shape index (κ3) is 1.11. The molecule has 1 aliphatic heterocycles. The van der Waals surface area contributed by atoms with E-state index in [1.807, 2.05) is 30.4 Å². The molecule has 0 aromatic carbocycles. The first kappa shape index (κ1) is 7.10. The lowest BCUT2D eigenvalue weighted by Crippen LogP contribution is -1.94. The van der Waals surface area contributed by atoms with Gasteiger partial charge in [-0.25, -0.2) is 4.79 Å². The number of fused-ring (bicyclic) bond motifs is 1. The summed E-state index contributed by atoms with van der Waals surface area (Å²) in [5.74, 6) is -0.221. The molecule has 0 radical (unpaired) electrons. The van der Waals surface area contributed by atoms with Crippen molar-refractivity contribution in [1.29, 1.82) is 0 Å². The molecule has 0 atom stereocenters. The lowest BCUT2D eigenvalue weighted by atomic mass is 10.1. The molecule has 1 saturated heterocycles. The minimum absolute atomic E-state index is 0.221. The third-order valence-corrected chi connectivity index (χ3v) is 1.82. The summed E-state index contributed by atoms with van der Waals surface area (Å²) in [7, 11) is 0. The standard InChI is InChI=1S/C10H8O2/c11-10-9-6-4-2-1-3-5-8(9)7-12-10/h1-6H,7H2. The summed E-state index contributed by atoms with van der Waals surface area (Å²) in [6, 6.07) is 0. The number of rotatable bonds is 0. The van der Waals surface area contributed by atoms with E-state index in [1.165, 1.54) is 0 Å². The molecule has 0 spiro atoms. The molecule has 0 aromatic rings. The zero-order valence-corrected chi connectivity index (χ0v) is 6.49. The van der Waals surface area contributed by atoms with E-state index in [0.29, 0.717) is 12.2 Å². The van der Waals surface area contributed by atoms with E-state index >= 15 is 0 Å². The number of ether oxygens (including phenoxy) is 1. The van der Waals surface area contributed by atoms with Crippen molar-refractivity contribution in [1.82, 2.24) is 0 Å². The van der Waals surface area contributed by atoms with E-state index in [-0.39, 0.29) is 5.97 Å². The fraction of sp³-hybridized carbons (Fsp3) is 0.100. The van der Waals surface area contributed by atoms with Crippen LogP contribution in [0.15, 0.2) is 47.6 Å². The minimum Gasteiger partial charge on any atom is -0.457 e. The maximum atomic E-state index is 11.1. The van der Waals surface area contributed by atoms with Crippen LogP contribution in [0.5, 0.6) is 0 Å². The summed E-state index contributed by atoms with van der Waals surface area (Å²) in [4.78, 5) is 11.1. The molecular formula is C10H8O2. The van der Waals surface area contributed by atoms with Crippen LogP contribution in [0.4, 0.5) is 0 Å². The van der Waals surface area contributed by atoms with Gasteiger partial charge in [0, 0.05) is 5.57 Å². The van der Waals surface area contributed by atoms with Gasteiger partial charge in [0.2, 0.25) is 0 Å². The smallest absolute Gasteiger partial charge is 0.338 e. The Hall–Kier alpha value is -1.57. The summed E-state index contributed by atoms with van der Waals surface area (Å²) < 4.78 is 4.87. The Morgan fingerprint density at radius 1 is 1.08 bits per heavy atom. The van der Waals surface area contributed by atoms with Crippen LogP contribution in [-0.4, -0.2) is 12.6 Å². The molecule has 0 N–H and O–H groups in total. The number of esters is 1. The van der Waals surface area contributed by atoms with Gasteiger partial charge in [-0.3, -0.25) is 0 Å². The molecule has 0 bridgehead atoms. The number of carbonyl (C=O) groups is 1. The van der Waals surface area contributed by atoms with Crippen molar-refractivity contribution in [2.45, 2.75) is 0 Å². The van der Waals surface area contributed by atoms with E-state index in [2.05, 4.69) is 0 Å². The first-order valence-electron chi connectivity index (χ1n) is 3.79. The zero-order chi connectivity index (χ0) is 8.39. The molecule has 0 unspecified atom stereocenters. The fourth-order valence-electron chi connectivity index (χ4n) is 1.19. The van der Waals surface area contributed by atoms with Crippen molar-refractivity contribution in [3.05, 3.63) is 47.6 Å². The lowest BCUT2D eigenvalue weighted by molar-refractivity contribution is -0.134. The van der Waals surface area contributed by atoms with Crippen LogP contribution in [0, 0.1) is 0 Å². The van der Waals surface area contributed by atoms with Crippen LogP contribution in [0.25, 0.3) is 0 Å². The van der Waals surface area contributed by atoms with Crippen molar-refractivity contribution >= 4 is 5.97 Å². The highest BCUT2D eigenvalue weighted by Crippen LogP contribution is 2.21. The van der Waals surface area contributed by atoms with E-state index < -0.39 is 0 Å². The Morgan fingerprint density at radius 2 is 1.83 bits per heavy atom. The quantitative estimate of drug-likeness (QED) is 0.502. The largest absolute Gasteiger partial charge is 0.457 e. The average molecular weight is 160 g/mol. The molecule has 0 amide bonds. The van der Waals surface area contributed by atoms with Crippen LogP contribution in [0.1, 0.15) is 0 Å². The predicted octanol–water partition coefficient (Wildman–Crippen LogP) is 1.52. The van der Waals surface area contributed by atoms with Gasteiger partial charge in [0.05, 0.1) is 5.57 Å². The van der Waals surface area contributed by atoms with Gasteiger partial charge in [0.25, 0.3) is 0 Å². The maximum Gasteiger partial charge on any atom is 0.338 e. The summed E-state index contributed by atoms with van der Waals surface area (Å²) in [6.45, 7) is 0.406. The number of hydrogen-bond donors (Lipinski definition) is 0. The fourth-order valence-corrected chi connectivity index (χ4v) is 1.19. The molecule has 60 valence electrons. The second-order valence-corrected chi connectivity index (χ2v) is 2.62. The van der Waals surface area contributed by atoms with Gasteiger partial charge in [-0.1, -0.05) is 30.4 Å². The van der Waals surface area contributed by atoms with E-state index in [1.54, 1.807) is 6.08 Å². The molecule has 1 fully saturated rings. The molecule has 12 heavy (non-hydrogen) atoms. The monoisotopic (exact) mass is 160 g/mol. The van der Waals surface area contributed by atoms with Crippen LogP contribution in [0.2, 0.25) is 0 Å². The van der Waals surface area contributed by atoms with Crippen molar-refractivity contribution in [2.24, 2.45) is 0 Å². The molecule has 2 rings (SSSR count). The Kier molecular flexibility index (Phi) is 1.67. The number of carbonyl (C=O) groups excluding carboxylic acids is 1. The number of hydrogen-bond acceptors (Lipinski definition) is 2. The molecule has 2 nitrogen and oxygen atoms in total. The average Bonchev–Trinajstić information content (AvgIpc) is 2.31. The highest BCUT2D eigenvalue weighted by atomic mass is 16.5. The van der Waals surface area contributed by atoms with Gasteiger partial charge in [-0.15, -0.1) is 0 Å². The zero-order valence-electron chi connectivity index (χ0n) is 6.49. The molecule has 1 aliphatic carbocycles. The Labute approximate surface area is 70.5 Å². The Bertz CT molecular complexity index is 330. The molecule has 0 aromatic heterocycles. The van der Waals surface area contributed by atoms with Gasteiger partial charge in [0.15, 0.2) is 0 Å². The van der Waals surface area contributed by atoms with Crippen LogP contribution in [0.3, 0.4) is 0 Å². The van der Waals surface area contributed by atoms with Crippen LogP contribution in [-0.2, 0) is 9.53 Å². The predicted molar refractivity (Wildman–Crippen MR) is 45.4 cm³/mol. The summed E-state index contributed by atoms with van der Waals surface area (Å²) in [5, 5.41) is 0. The number of allylic oxidation sites excluding steroid dienone is 6. The topological polar surface area (TPSA) is 26.3 Å². The van der Waals surface area contributed by atoms with Crippen molar-refractivity contribution < 1.29 is 9.53 Å². The van der Waals surface area contributed by atoms with Crippen molar-refractivity contribution in [3.8, 4) is 0 Å². The summed E-state index contributed by atoms with van der Waals surface area (Å²) in [5.41, 5.74) is 1.64. The molecule has 0 saturated carbocycles. The van der Waals surface area contributed by atoms with Crippen molar-refractivity contribution in [2.75, 3.05) is 6.61 Å². The van der Waals surface area contributed by atoms with Gasteiger partial charge in [-0.2, -0.15) is 0 Å². The van der Waals surface area contributed by atoms with E-state index in [9.17, 15) is 4.79 Å². The van der Waals surface area contributed by atoms with Gasteiger partial charge in [0.1, 0.15) is 6.61 Å². The summed E-state index contributed by atoms with van der Waals surface area (Å²) >= 11 is 0. The third-order valence-electron chi connectivity index (χ3n) is 1.82. The Morgan fingerprint density at radius 3 is 2.67 bits per heavy atom. The van der Waals surface area contributed by atoms with Gasteiger partial charge < -0.3 is 4.74 Å². The maximum absolute atomic E-state index is 11.1. The van der Waals surface area contributed by atoms with Gasteiger partial charge in [-0.05, 0) is 6.08 Å². The van der Waals surface area contributed by atoms with E-state index in [4.69, 9.17) is 4.74 Å². The molecule has 2 aliphatic rings. The van der Waals surface area contributed by atoms with Crippen LogP contribution >= 0.6 is 0 Å². The molecule has 1 heterocycles. The van der Waals surface area contributed by atoms with Gasteiger partial charge >= 0.3 is 5.97 Å². The van der Waals surface area contributed by atoms with E-state index in [0.717, 1.165) is 5.57 Å². The SMILES string of the molecule is O=C1OCC2=CC=CC=CC=C12. The number of cyclic esters (lactones) is 1. The Balaban J connectivity index is 2.44. The van der Waals surface area contributed by atoms with Crippen LogP contribution < -0.4 is 0 Å². The highest BCUT2D eigenvalue weighted by molar-refractivity contribution is 5.96.